The molecule has 0 aliphatic carbocycles. The number of nitrogens with zero attached hydrogens (tertiary/aromatic N) is 1. The number of hydrogen-bond acceptors (Lipinski definition) is 3. The van der Waals surface area contributed by atoms with Crippen LogP contribution in [0.4, 0.5) is 0 Å². The van der Waals surface area contributed by atoms with Crippen molar-refractivity contribution in [1.82, 2.24) is 10.2 Å². The molecule has 0 aromatic carbocycles. The summed E-state index contributed by atoms with van der Waals surface area (Å²) in [5.41, 5.74) is 5.70. The van der Waals surface area contributed by atoms with Gasteiger partial charge < -0.3 is 11.1 Å². The van der Waals surface area contributed by atoms with Crippen LogP contribution in [-0.4, -0.2) is 43.0 Å². The molecule has 1 unspecified atom stereocenters. The normalized spacial score (nSPS) is 25.9. The highest BCUT2D eigenvalue weighted by Gasteiger charge is 2.29. The highest BCUT2D eigenvalue weighted by molar-refractivity contribution is 5.81. The lowest BCUT2D eigenvalue weighted by molar-refractivity contribution is -0.125. The van der Waals surface area contributed by atoms with E-state index in [9.17, 15) is 4.79 Å². The number of nitrogens with two attached hydrogens (primary N) is 1. The fourth-order valence-electron chi connectivity index (χ4n) is 1.88. The Morgan fingerprint density at radius 2 is 2.46 bits per heavy atom. The summed E-state index contributed by atoms with van der Waals surface area (Å²) in [6.07, 6.45) is 2.07. The van der Waals surface area contributed by atoms with Gasteiger partial charge in [-0.2, -0.15) is 0 Å². The van der Waals surface area contributed by atoms with Gasteiger partial charge in [0.25, 0.3) is 0 Å². The minimum absolute atomic E-state index is 0.0519. The molecule has 1 aliphatic rings. The fourth-order valence-corrected chi connectivity index (χ4v) is 1.88. The Balaban J connectivity index is 2.48. The minimum Gasteiger partial charge on any atom is -0.358 e. The van der Waals surface area contributed by atoms with Gasteiger partial charge in [-0.25, -0.2) is 0 Å². The molecule has 4 nitrogen and oxygen atoms in total. The van der Waals surface area contributed by atoms with Crippen molar-refractivity contribution in [1.29, 1.82) is 0 Å². The summed E-state index contributed by atoms with van der Waals surface area (Å²) < 4.78 is 0. The Bertz CT molecular complexity index is 182. The number of amides is 1. The molecule has 1 saturated heterocycles. The van der Waals surface area contributed by atoms with Gasteiger partial charge in [0.2, 0.25) is 5.91 Å². The second-order valence-corrected chi connectivity index (χ2v) is 3.74. The van der Waals surface area contributed by atoms with Crippen LogP contribution < -0.4 is 11.1 Å². The Labute approximate surface area is 79.5 Å². The molecular formula is C9H19N3O. The van der Waals surface area contributed by atoms with Gasteiger partial charge >= 0.3 is 0 Å². The van der Waals surface area contributed by atoms with Gasteiger partial charge in [0.05, 0.1) is 6.04 Å². The van der Waals surface area contributed by atoms with Crippen LogP contribution in [0.5, 0.6) is 0 Å². The van der Waals surface area contributed by atoms with Gasteiger partial charge in [0.1, 0.15) is 0 Å². The molecule has 0 bridgehead atoms. The van der Waals surface area contributed by atoms with E-state index in [0.29, 0.717) is 0 Å². The van der Waals surface area contributed by atoms with Crippen LogP contribution >= 0.6 is 0 Å². The highest BCUT2D eigenvalue weighted by atomic mass is 16.2. The van der Waals surface area contributed by atoms with Crippen LogP contribution in [0.25, 0.3) is 0 Å². The molecule has 0 radical (unpaired) electrons. The third-order valence-corrected chi connectivity index (χ3v) is 2.44. The van der Waals surface area contributed by atoms with E-state index in [1.807, 2.05) is 6.92 Å². The predicted molar refractivity (Wildman–Crippen MR) is 52.3 cm³/mol. The lowest BCUT2D eigenvalue weighted by Gasteiger charge is -2.24. The number of rotatable bonds is 3. The quantitative estimate of drug-likeness (QED) is 0.626. The number of carbonyl (C=O) groups excluding carboxylic acids is 1. The molecule has 76 valence electrons. The Kier molecular flexibility index (Phi) is 3.69. The van der Waals surface area contributed by atoms with E-state index in [2.05, 4.69) is 10.2 Å². The minimum atomic E-state index is 0.0519. The predicted octanol–water partition coefficient (Wildman–Crippen LogP) is -0.456. The topological polar surface area (TPSA) is 58.4 Å². The van der Waals surface area contributed by atoms with E-state index in [4.69, 9.17) is 5.73 Å². The summed E-state index contributed by atoms with van der Waals surface area (Å²) in [5, 5.41) is 2.69. The SMILES string of the molecule is CNC(=O)[C@@H]1CCCN1CC(C)N. The fraction of sp³-hybridized carbons (Fsp3) is 0.889. The van der Waals surface area contributed by atoms with Gasteiger partial charge in [-0.15, -0.1) is 0 Å². The largest absolute Gasteiger partial charge is 0.358 e. The Hall–Kier alpha value is -0.610. The maximum Gasteiger partial charge on any atom is 0.237 e. The molecular weight excluding hydrogens is 166 g/mol. The molecule has 3 N–H and O–H groups in total. The molecule has 13 heavy (non-hydrogen) atoms. The van der Waals surface area contributed by atoms with Crippen molar-refractivity contribution < 1.29 is 4.79 Å². The zero-order valence-corrected chi connectivity index (χ0v) is 8.42. The number of hydrogen-bond donors (Lipinski definition) is 2. The van der Waals surface area contributed by atoms with E-state index < -0.39 is 0 Å². The number of carbonyl (C=O) groups is 1. The molecule has 2 atom stereocenters. The van der Waals surface area contributed by atoms with E-state index in [1.165, 1.54) is 0 Å². The van der Waals surface area contributed by atoms with Crippen molar-refractivity contribution in [2.45, 2.75) is 31.8 Å². The smallest absolute Gasteiger partial charge is 0.237 e. The lowest BCUT2D eigenvalue weighted by atomic mass is 10.2. The average Bonchev–Trinajstić information content (AvgIpc) is 2.50. The lowest BCUT2D eigenvalue weighted by Crippen LogP contribution is -2.45. The highest BCUT2D eigenvalue weighted by Crippen LogP contribution is 2.16. The molecule has 1 fully saturated rings. The zero-order chi connectivity index (χ0) is 9.84. The van der Waals surface area contributed by atoms with Crippen molar-refractivity contribution in [3.63, 3.8) is 0 Å². The van der Waals surface area contributed by atoms with Gasteiger partial charge in [0.15, 0.2) is 0 Å². The van der Waals surface area contributed by atoms with E-state index in [0.717, 1.165) is 25.9 Å². The Morgan fingerprint density at radius 3 is 3.00 bits per heavy atom. The average molecular weight is 185 g/mol. The van der Waals surface area contributed by atoms with Crippen LogP contribution in [0.3, 0.4) is 0 Å². The Morgan fingerprint density at radius 1 is 1.77 bits per heavy atom. The molecule has 4 heteroatoms. The summed E-state index contributed by atoms with van der Waals surface area (Å²) in [4.78, 5) is 13.6. The molecule has 1 amide bonds. The zero-order valence-electron chi connectivity index (χ0n) is 8.42. The summed E-state index contributed by atoms with van der Waals surface area (Å²) in [5.74, 6) is 0.123. The van der Waals surface area contributed by atoms with Crippen molar-refractivity contribution in [3.8, 4) is 0 Å². The monoisotopic (exact) mass is 185 g/mol. The summed E-state index contributed by atoms with van der Waals surface area (Å²) in [6, 6.07) is 0.196. The molecule has 0 saturated carbocycles. The third kappa shape index (κ3) is 2.67. The first-order valence-electron chi connectivity index (χ1n) is 4.86. The molecule has 1 rings (SSSR count). The van der Waals surface area contributed by atoms with Crippen molar-refractivity contribution in [2.24, 2.45) is 5.73 Å². The van der Waals surface area contributed by atoms with Crippen molar-refractivity contribution in [2.75, 3.05) is 20.1 Å². The van der Waals surface area contributed by atoms with Crippen molar-refractivity contribution in [3.05, 3.63) is 0 Å². The van der Waals surface area contributed by atoms with Crippen molar-refractivity contribution >= 4 is 5.91 Å². The molecule has 1 heterocycles. The first kappa shape index (κ1) is 10.5. The number of likely N-dealkylation sites (tertiary alicyclic amines) is 1. The molecule has 0 spiro atoms. The van der Waals surface area contributed by atoms with Crippen LogP contribution in [0, 0.1) is 0 Å². The van der Waals surface area contributed by atoms with Crippen LogP contribution in [0.1, 0.15) is 19.8 Å². The summed E-state index contributed by atoms with van der Waals surface area (Å²) in [6.45, 7) is 3.79. The maximum atomic E-state index is 11.4. The second-order valence-electron chi connectivity index (χ2n) is 3.74. The van der Waals surface area contributed by atoms with E-state index in [-0.39, 0.29) is 18.0 Å². The summed E-state index contributed by atoms with van der Waals surface area (Å²) >= 11 is 0. The number of nitrogens with one attached hydrogen (secondary N) is 1. The van der Waals surface area contributed by atoms with E-state index in [1.54, 1.807) is 7.05 Å². The van der Waals surface area contributed by atoms with Gasteiger partial charge in [-0.1, -0.05) is 0 Å². The van der Waals surface area contributed by atoms with Gasteiger partial charge in [0, 0.05) is 19.6 Å². The molecule has 1 aliphatic heterocycles. The maximum absolute atomic E-state index is 11.4. The van der Waals surface area contributed by atoms with E-state index >= 15 is 0 Å². The summed E-state index contributed by atoms with van der Waals surface area (Å²) in [7, 11) is 1.69. The molecule has 0 aromatic rings. The number of likely N-dealkylation sites (N-methyl/N-ethyl adjacent to an activating group) is 1. The first-order chi connectivity index (χ1) is 6.15. The van der Waals surface area contributed by atoms with Crippen LogP contribution in [0.2, 0.25) is 0 Å². The second kappa shape index (κ2) is 4.58. The van der Waals surface area contributed by atoms with Crippen LogP contribution in [-0.2, 0) is 4.79 Å². The first-order valence-corrected chi connectivity index (χ1v) is 4.86. The third-order valence-electron chi connectivity index (χ3n) is 2.44. The standard InChI is InChI=1S/C9H19N3O/c1-7(10)6-12-5-3-4-8(12)9(13)11-2/h7-8H,3-6,10H2,1-2H3,(H,11,13)/t7?,8-/m0/s1. The van der Waals surface area contributed by atoms with Crippen LogP contribution in [0.15, 0.2) is 0 Å². The van der Waals surface area contributed by atoms with Gasteiger partial charge in [-0.3, -0.25) is 9.69 Å². The molecule has 0 aromatic heterocycles. The van der Waals surface area contributed by atoms with Gasteiger partial charge in [-0.05, 0) is 26.3 Å².